The minimum atomic E-state index is -0.562. The predicted molar refractivity (Wildman–Crippen MR) is 218 cm³/mol. The molecular formula is C44H37N3O5S2. The smallest absolute Gasteiger partial charge is 0.341 e. The third-order valence-corrected chi connectivity index (χ3v) is 10.2. The minimum absolute atomic E-state index is 0.0605. The highest BCUT2D eigenvalue weighted by molar-refractivity contribution is 8.00. The number of thiophene rings is 1. The first kappa shape index (κ1) is 37.5. The molecule has 1 unspecified atom stereocenters. The molecule has 1 aromatic heterocycles. The molecule has 10 heteroatoms. The molecule has 0 spiro atoms. The molecule has 0 fully saturated rings. The monoisotopic (exact) mass is 751 g/mol. The van der Waals surface area contributed by atoms with Gasteiger partial charge in [0, 0.05) is 27.1 Å². The molecule has 0 radical (unpaired) electrons. The number of hydrogen-bond donors (Lipinski definition) is 3. The lowest BCUT2D eigenvalue weighted by Gasteiger charge is -2.14. The highest BCUT2D eigenvalue weighted by Crippen LogP contribution is 2.37. The minimum Gasteiger partial charge on any atom is -0.462 e. The van der Waals surface area contributed by atoms with Crippen molar-refractivity contribution >= 4 is 63.6 Å². The molecule has 3 N–H and O–H groups in total. The molecule has 0 aliphatic heterocycles. The van der Waals surface area contributed by atoms with Gasteiger partial charge in [-0.1, -0.05) is 109 Å². The molecule has 1 heterocycles. The van der Waals surface area contributed by atoms with Crippen LogP contribution in [0.4, 0.5) is 10.7 Å². The summed E-state index contributed by atoms with van der Waals surface area (Å²) in [5.41, 5.74) is 5.62. The van der Waals surface area contributed by atoms with Crippen molar-refractivity contribution in [1.29, 1.82) is 0 Å². The number of benzene rings is 5. The fourth-order valence-corrected chi connectivity index (χ4v) is 7.40. The lowest BCUT2D eigenvalue weighted by Crippen LogP contribution is -2.30. The topological polar surface area (TPSA) is 114 Å². The first-order valence-corrected chi connectivity index (χ1v) is 19.0. The molecule has 0 aliphatic rings. The molecule has 3 amide bonds. The molecule has 6 aromatic rings. The molecule has 54 heavy (non-hydrogen) atoms. The van der Waals surface area contributed by atoms with Crippen LogP contribution in [0.2, 0.25) is 0 Å². The van der Waals surface area contributed by atoms with Crippen LogP contribution in [-0.2, 0) is 14.3 Å². The van der Waals surface area contributed by atoms with Gasteiger partial charge in [0.25, 0.3) is 11.8 Å². The van der Waals surface area contributed by atoms with Crippen LogP contribution >= 0.6 is 23.1 Å². The van der Waals surface area contributed by atoms with Gasteiger partial charge >= 0.3 is 5.97 Å². The number of hydrogen-bond acceptors (Lipinski definition) is 7. The van der Waals surface area contributed by atoms with E-state index in [-0.39, 0.29) is 18.2 Å². The Bertz CT molecular complexity index is 2270. The van der Waals surface area contributed by atoms with Crippen LogP contribution in [0.25, 0.3) is 28.3 Å². The number of esters is 1. The zero-order valence-corrected chi connectivity index (χ0v) is 31.2. The molecule has 0 saturated carbocycles. The first-order chi connectivity index (χ1) is 26.3. The Kier molecular flexibility index (Phi) is 12.5. The largest absolute Gasteiger partial charge is 0.462 e. The maximum atomic E-state index is 13.8. The summed E-state index contributed by atoms with van der Waals surface area (Å²) in [7, 11) is 0. The van der Waals surface area contributed by atoms with Crippen molar-refractivity contribution in [3.63, 3.8) is 0 Å². The quantitative estimate of drug-likeness (QED) is 0.0615. The molecule has 6 rings (SSSR count). The number of carbonyl (C=O) groups is 4. The molecular weight excluding hydrogens is 715 g/mol. The number of ether oxygens (including phenoxy) is 1. The number of anilines is 2. The standard InChI is InChI=1S/C44H37N3O5S2/c1-3-52-44(51)39-37(33-16-9-5-10-17-33)28-53-43(39)47-40(48)29(2)54-36-21-13-20-35(27-36)45-42(50)38(46-41(49)34-18-11-6-12-19-34)26-30-22-24-32(25-23-30)31-14-7-4-8-15-31/h4-29H,3H2,1-2H3,(H,45,50)(H,46,49)(H,47,48)/b38-26+. The first-order valence-electron chi connectivity index (χ1n) is 17.3. The summed E-state index contributed by atoms with van der Waals surface area (Å²) in [5.74, 6) is -1.74. The Morgan fingerprint density at radius 1 is 0.741 bits per heavy atom. The van der Waals surface area contributed by atoms with Crippen LogP contribution in [-0.4, -0.2) is 35.5 Å². The van der Waals surface area contributed by atoms with E-state index in [0.29, 0.717) is 27.4 Å². The van der Waals surface area contributed by atoms with Gasteiger partial charge in [0.15, 0.2) is 0 Å². The van der Waals surface area contributed by atoms with Gasteiger partial charge in [-0.25, -0.2) is 4.79 Å². The molecule has 0 aliphatic carbocycles. The van der Waals surface area contributed by atoms with Crippen LogP contribution in [0, 0.1) is 0 Å². The number of thioether (sulfide) groups is 1. The maximum Gasteiger partial charge on any atom is 0.341 e. The Labute approximate surface area is 322 Å². The van der Waals surface area contributed by atoms with Gasteiger partial charge in [0.05, 0.1) is 11.9 Å². The highest BCUT2D eigenvalue weighted by atomic mass is 32.2. The predicted octanol–water partition coefficient (Wildman–Crippen LogP) is 9.79. The lowest BCUT2D eigenvalue weighted by molar-refractivity contribution is -0.115. The van der Waals surface area contributed by atoms with Gasteiger partial charge in [0.2, 0.25) is 5.91 Å². The molecule has 0 bridgehead atoms. The number of carbonyl (C=O) groups excluding carboxylic acids is 4. The van der Waals surface area contributed by atoms with Gasteiger partial charge in [-0.2, -0.15) is 0 Å². The van der Waals surface area contributed by atoms with Gasteiger partial charge < -0.3 is 20.7 Å². The molecule has 5 aromatic carbocycles. The third-order valence-electron chi connectivity index (χ3n) is 8.22. The van der Waals surface area contributed by atoms with E-state index in [1.165, 1.54) is 23.1 Å². The summed E-state index contributed by atoms with van der Waals surface area (Å²) in [6.45, 7) is 3.71. The van der Waals surface area contributed by atoms with Crippen molar-refractivity contribution in [1.82, 2.24) is 5.32 Å². The number of rotatable bonds is 13. The molecule has 1 atom stereocenters. The average molecular weight is 752 g/mol. The van der Waals surface area contributed by atoms with E-state index in [4.69, 9.17) is 4.74 Å². The second kappa shape index (κ2) is 18.0. The summed E-state index contributed by atoms with van der Waals surface area (Å²) < 4.78 is 5.34. The van der Waals surface area contributed by atoms with E-state index in [1.807, 2.05) is 102 Å². The van der Waals surface area contributed by atoms with E-state index in [0.717, 1.165) is 27.1 Å². The third kappa shape index (κ3) is 9.60. The SMILES string of the molecule is CCOC(=O)c1c(-c2ccccc2)csc1NC(=O)C(C)Sc1cccc(NC(=O)/C(=C\c2ccc(-c3ccccc3)cc2)NC(=O)c2ccccc2)c1. The second-order valence-corrected chi connectivity index (χ2v) is 14.3. The maximum absolute atomic E-state index is 13.8. The number of nitrogens with one attached hydrogen (secondary N) is 3. The van der Waals surface area contributed by atoms with Crippen molar-refractivity contribution in [2.45, 2.75) is 24.0 Å². The van der Waals surface area contributed by atoms with Crippen LogP contribution in [0.15, 0.2) is 155 Å². The van der Waals surface area contributed by atoms with E-state index >= 15 is 0 Å². The fraction of sp³-hybridized carbons (Fsp3) is 0.0909. The average Bonchev–Trinajstić information content (AvgIpc) is 3.62. The zero-order valence-electron chi connectivity index (χ0n) is 29.6. The highest BCUT2D eigenvalue weighted by Gasteiger charge is 2.25. The summed E-state index contributed by atoms with van der Waals surface area (Å²) in [4.78, 5) is 54.1. The van der Waals surface area contributed by atoms with Crippen LogP contribution in [0.5, 0.6) is 0 Å². The van der Waals surface area contributed by atoms with Gasteiger partial charge in [-0.15, -0.1) is 23.1 Å². The summed E-state index contributed by atoms with van der Waals surface area (Å²) in [5, 5.41) is 10.3. The lowest BCUT2D eigenvalue weighted by atomic mass is 10.0. The van der Waals surface area contributed by atoms with Crippen molar-refractivity contribution in [2.24, 2.45) is 0 Å². The van der Waals surface area contributed by atoms with E-state index in [9.17, 15) is 19.2 Å². The van der Waals surface area contributed by atoms with E-state index in [1.54, 1.807) is 62.4 Å². The molecule has 8 nitrogen and oxygen atoms in total. The summed E-state index contributed by atoms with van der Waals surface area (Å²) in [6.07, 6.45) is 1.63. The van der Waals surface area contributed by atoms with Crippen LogP contribution in [0.1, 0.15) is 40.1 Å². The van der Waals surface area contributed by atoms with Gasteiger partial charge in [-0.3, -0.25) is 14.4 Å². The normalized spacial score (nSPS) is 11.6. The fourth-order valence-electron chi connectivity index (χ4n) is 5.51. The van der Waals surface area contributed by atoms with Crippen molar-refractivity contribution in [2.75, 3.05) is 17.2 Å². The van der Waals surface area contributed by atoms with Crippen molar-refractivity contribution in [3.8, 4) is 22.3 Å². The van der Waals surface area contributed by atoms with E-state index < -0.39 is 23.0 Å². The molecule has 270 valence electrons. The number of amides is 3. The van der Waals surface area contributed by atoms with Gasteiger partial charge in [0.1, 0.15) is 16.3 Å². The Balaban J connectivity index is 1.17. The Morgan fingerprint density at radius 3 is 2.04 bits per heavy atom. The van der Waals surface area contributed by atoms with Crippen molar-refractivity contribution in [3.05, 3.63) is 167 Å². The second-order valence-electron chi connectivity index (χ2n) is 12.0. The Hall–Kier alpha value is -6.23. The summed E-state index contributed by atoms with van der Waals surface area (Å²) >= 11 is 2.57. The van der Waals surface area contributed by atoms with E-state index in [2.05, 4.69) is 16.0 Å². The van der Waals surface area contributed by atoms with Gasteiger partial charge in [-0.05, 0) is 72.5 Å². The van der Waals surface area contributed by atoms with Crippen LogP contribution < -0.4 is 16.0 Å². The Morgan fingerprint density at radius 2 is 1.37 bits per heavy atom. The van der Waals surface area contributed by atoms with Crippen molar-refractivity contribution < 1.29 is 23.9 Å². The summed E-state index contributed by atoms with van der Waals surface area (Å²) in [6, 6.07) is 43.0. The zero-order chi connectivity index (χ0) is 37.9. The van der Waals surface area contributed by atoms with Crippen LogP contribution in [0.3, 0.4) is 0 Å². The molecule has 0 saturated heterocycles.